The average Bonchev–Trinajstić information content (AvgIpc) is 2.58. The highest BCUT2D eigenvalue weighted by atomic mass is 35.5. The molecular formula is C16H12ClF3N2O2S. The fourth-order valence-corrected chi connectivity index (χ4v) is 3.55. The first-order valence-electron chi connectivity index (χ1n) is 7.24. The van der Waals surface area contributed by atoms with Gasteiger partial charge in [0.25, 0.3) is 5.91 Å². The number of nitrogens with zero attached hydrogens (tertiary/aromatic N) is 2. The van der Waals surface area contributed by atoms with Crippen LogP contribution in [0, 0.1) is 0 Å². The normalized spacial score (nSPS) is 14.2. The minimum absolute atomic E-state index is 0.144. The summed E-state index contributed by atoms with van der Waals surface area (Å²) in [4.78, 5) is 19.1. The maximum Gasteiger partial charge on any atom is 0.422 e. The lowest BCUT2D eigenvalue weighted by molar-refractivity contribution is -0.154. The van der Waals surface area contributed by atoms with Gasteiger partial charge in [-0.15, -0.1) is 11.8 Å². The second-order valence-corrected chi connectivity index (χ2v) is 6.73. The molecule has 0 radical (unpaired) electrons. The van der Waals surface area contributed by atoms with Gasteiger partial charge >= 0.3 is 6.18 Å². The van der Waals surface area contributed by atoms with Gasteiger partial charge in [0.2, 0.25) is 5.88 Å². The predicted octanol–water partition coefficient (Wildman–Crippen LogP) is 4.43. The van der Waals surface area contributed by atoms with Gasteiger partial charge in [-0.1, -0.05) is 23.7 Å². The van der Waals surface area contributed by atoms with Crippen LogP contribution in [0.25, 0.3) is 0 Å². The lowest BCUT2D eigenvalue weighted by atomic mass is 10.2. The van der Waals surface area contributed by atoms with E-state index in [1.807, 2.05) is 24.3 Å². The molecule has 1 aromatic heterocycles. The summed E-state index contributed by atoms with van der Waals surface area (Å²) in [7, 11) is 0. The number of amides is 1. The molecule has 1 aliphatic heterocycles. The molecule has 0 saturated carbocycles. The van der Waals surface area contributed by atoms with Crippen LogP contribution >= 0.6 is 23.4 Å². The van der Waals surface area contributed by atoms with Crippen molar-refractivity contribution in [2.24, 2.45) is 0 Å². The third-order valence-electron chi connectivity index (χ3n) is 3.40. The highest BCUT2D eigenvalue weighted by Gasteiger charge is 2.29. The molecule has 0 bridgehead atoms. The Morgan fingerprint density at radius 3 is 2.84 bits per heavy atom. The summed E-state index contributed by atoms with van der Waals surface area (Å²) in [5.74, 6) is 0.0751. The van der Waals surface area contributed by atoms with Gasteiger partial charge in [-0.05, 0) is 18.2 Å². The molecule has 1 amide bonds. The number of halogens is 4. The van der Waals surface area contributed by atoms with E-state index in [4.69, 9.17) is 11.6 Å². The van der Waals surface area contributed by atoms with Crippen LogP contribution in [0.4, 0.5) is 18.9 Å². The zero-order chi connectivity index (χ0) is 18.0. The van der Waals surface area contributed by atoms with Crippen molar-refractivity contribution >= 4 is 35.0 Å². The Morgan fingerprint density at radius 2 is 2.12 bits per heavy atom. The summed E-state index contributed by atoms with van der Waals surface area (Å²) in [5, 5.41) is -0.144. The summed E-state index contributed by atoms with van der Waals surface area (Å²) in [6, 6.07) is 8.77. The van der Waals surface area contributed by atoms with Gasteiger partial charge < -0.3 is 9.64 Å². The van der Waals surface area contributed by atoms with E-state index in [1.165, 1.54) is 12.3 Å². The Morgan fingerprint density at radius 1 is 1.36 bits per heavy atom. The number of rotatable bonds is 3. The Bertz CT molecular complexity index is 801. The molecule has 0 saturated heterocycles. The number of hydrogen-bond donors (Lipinski definition) is 0. The number of thioether (sulfide) groups is 1. The monoisotopic (exact) mass is 388 g/mol. The maximum atomic E-state index is 12.7. The Balaban J connectivity index is 1.81. The van der Waals surface area contributed by atoms with E-state index in [0.29, 0.717) is 6.54 Å². The van der Waals surface area contributed by atoms with Crippen molar-refractivity contribution in [2.45, 2.75) is 11.1 Å². The largest absolute Gasteiger partial charge is 0.467 e. The number of anilines is 1. The highest BCUT2D eigenvalue weighted by Crippen LogP contribution is 2.35. The van der Waals surface area contributed by atoms with Crippen LogP contribution in [0.5, 0.6) is 5.88 Å². The second-order valence-electron chi connectivity index (χ2n) is 5.19. The fourth-order valence-electron chi connectivity index (χ4n) is 2.34. The second kappa shape index (κ2) is 7.13. The fraction of sp³-hybridized carbons (Fsp3) is 0.250. The van der Waals surface area contributed by atoms with E-state index < -0.39 is 12.8 Å². The van der Waals surface area contributed by atoms with Gasteiger partial charge in [-0.25, -0.2) is 4.98 Å². The Hall–Kier alpha value is -1.93. The molecule has 0 aliphatic carbocycles. The van der Waals surface area contributed by atoms with Crippen LogP contribution in [-0.2, 0) is 0 Å². The third-order valence-corrected chi connectivity index (χ3v) is 4.71. The van der Waals surface area contributed by atoms with Crippen LogP contribution in [-0.4, -0.2) is 36.0 Å². The topological polar surface area (TPSA) is 42.4 Å². The summed E-state index contributed by atoms with van der Waals surface area (Å²) < 4.78 is 41.2. The summed E-state index contributed by atoms with van der Waals surface area (Å²) in [6.07, 6.45) is -3.32. The molecule has 1 aromatic carbocycles. The maximum absolute atomic E-state index is 12.7. The molecule has 2 aromatic rings. The number of ether oxygens (including phenoxy) is 1. The van der Waals surface area contributed by atoms with E-state index in [1.54, 1.807) is 16.7 Å². The van der Waals surface area contributed by atoms with Gasteiger partial charge in [0.05, 0.1) is 11.3 Å². The summed E-state index contributed by atoms with van der Waals surface area (Å²) in [5.41, 5.74) is 0.975. The first kappa shape index (κ1) is 17.9. The summed E-state index contributed by atoms with van der Waals surface area (Å²) >= 11 is 7.57. The van der Waals surface area contributed by atoms with Crippen LogP contribution in [0.3, 0.4) is 0 Å². The van der Waals surface area contributed by atoms with E-state index in [0.717, 1.165) is 16.3 Å². The lowest BCUT2D eigenvalue weighted by Gasteiger charge is -2.29. The molecule has 0 unspecified atom stereocenters. The average molecular weight is 389 g/mol. The molecule has 0 fully saturated rings. The Kier molecular flexibility index (Phi) is 5.10. The molecule has 9 heteroatoms. The van der Waals surface area contributed by atoms with Crippen LogP contribution in [0.1, 0.15) is 10.4 Å². The molecule has 25 heavy (non-hydrogen) atoms. The SMILES string of the molecule is O=C(c1cnc(OCC(F)(F)F)c(Cl)c1)N1CCSc2ccccc21. The van der Waals surface area contributed by atoms with E-state index >= 15 is 0 Å². The van der Waals surface area contributed by atoms with Gasteiger partial charge in [0.1, 0.15) is 5.02 Å². The number of pyridine rings is 1. The molecule has 0 spiro atoms. The molecule has 1 aliphatic rings. The van der Waals surface area contributed by atoms with Crippen molar-refractivity contribution in [1.82, 2.24) is 4.98 Å². The van der Waals surface area contributed by atoms with Crippen LogP contribution < -0.4 is 9.64 Å². The minimum Gasteiger partial charge on any atom is -0.467 e. The number of hydrogen-bond acceptors (Lipinski definition) is 4. The van der Waals surface area contributed by atoms with Crippen molar-refractivity contribution in [3.63, 3.8) is 0 Å². The first-order valence-corrected chi connectivity index (χ1v) is 8.60. The molecule has 0 atom stereocenters. The zero-order valence-corrected chi connectivity index (χ0v) is 14.3. The zero-order valence-electron chi connectivity index (χ0n) is 12.7. The minimum atomic E-state index is -4.49. The molecule has 3 rings (SSSR count). The molecule has 132 valence electrons. The number of carbonyl (C=O) groups is 1. The van der Waals surface area contributed by atoms with E-state index in [9.17, 15) is 18.0 Å². The number of fused-ring (bicyclic) bond motifs is 1. The predicted molar refractivity (Wildman–Crippen MR) is 89.6 cm³/mol. The number of benzene rings is 1. The lowest BCUT2D eigenvalue weighted by Crippen LogP contribution is -2.35. The van der Waals surface area contributed by atoms with Gasteiger partial charge in [-0.2, -0.15) is 13.2 Å². The highest BCUT2D eigenvalue weighted by molar-refractivity contribution is 7.99. The number of alkyl halides is 3. The standard InChI is InChI=1S/C16H12ClF3N2O2S/c17-11-7-10(8-21-14(11)24-9-16(18,19)20)15(23)22-5-6-25-13-4-2-1-3-12(13)22/h1-4,7-8H,5-6,9H2. The van der Waals surface area contributed by atoms with Crippen molar-refractivity contribution in [1.29, 1.82) is 0 Å². The molecule has 4 nitrogen and oxygen atoms in total. The van der Waals surface area contributed by atoms with Crippen molar-refractivity contribution < 1.29 is 22.7 Å². The van der Waals surface area contributed by atoms with Crippen LogP contribution in [0.15, 0.2) is 41.4 Å². The van der Waals surface area contributed by atoms with Crippen LogP contribution in [0.2, 0.25) is 5.02 Å². The van der Waals surface area contributed by atoms with Crippen molar-refractivity contribution in [3.05, 3.63) is 47.1 Å². The van der Waals surface area contributed by atoms with Crippen molar-refractivity contribution in [3.8, 4) is 5.88 Å². The number of para-hydroxylation sites is 1. The van der Waals surface area contributed by atoms with Gasteiger partial charge in [0, 0.05) is 23.4 Å². The number of aromatic nitrogens is 1. The van der Waals surface area contributed by atoms with Crippen molar-refractivity contribution in [2.75, 3.05) is 23.8 Å². The molecule has 0 N–H and O–H groups in total. The van der Waals surface area contributed by atoms with E-state index in [-0.39, 0.29) is 22.4 Å². The van der Waals surface area contributed by atoms with Gasteiger partial charge in [0.15, 0.2) is 6.61 Å². The number of carbonyl (C=O) groups excluding carboxylic acids is 1. The van der Waals surface area contributed by atoms with Gasteiger partial charge in [-0.3, -0.25) is 4.79 Å². The third kappa shape index (κ3) is 4.19. The molecule has 2 heterocycles. The van der Waals surface area contributed by atoms with E-state index in [2.05, 4.69) is 9.72 Å². The molecular weight excluding hydrogens is 377 g/mol. The Labute approximate surface area is 150 Å². The smallest absolute Gasteiger partial charge is 0.422 e. The summed E-state index contributed by atoms with van der Waals surface area (Å²) in [6.45, 7) is -0.978. The quantitative estimate of drug-likeness (QED) is 0.780. The first-order chi connectivity index (χ1) is 11.8.